The Kier molecular flexibility index (Phi) is 21.4. The van der Waals surface area contributed by atoms with Crippen molar-refractivity contribution in [3.8, 4) is 0 Å². The molecular formula is C14H30. The predicted molar refractivity (Wildman–Crippen MR) is 68.8 cm³/mol. The first kappa shape index (κ1) is 16.2. The second-order valence-electron chi connectivity index (χ2n) is 3.85. The molecule has 0 aromatic rings. The first-order valence-corrected chi connectivity index (χ1v) is 6.44. The van der Waals surface area contributed by atoms with Crippen LogP contribution in [0.5, 0.6) is 0 Å². The van der Waals surface area contributed by atoms with Crippen LogP contribution < -0.4 is 0 Å². The van der Waals surface area contributed by atoms with Crippen molar-refractivity contribution in [2.24, 2.45) is 0 Å². The monoisotopic (exact) mass is 198 g/mol. The Hall–Kier alpha value is -0.260. The van der Waals surface area contributed by atoms with Crippen molar-refractivity contribution in [2.45, 2.75) is 78.6 Å². The molecular weight excluding hydrogens is 168 g/mol. The highest BCUT2D eigenvalue weighted by Gasteiger charge is 1.80. The fourth-order valence-corrected chi connectivity index (χ4v) is 1.22. The molecule has 0 unspecified atom stereocenters. The molecule has 14 heavy (non-hydrogen) atoms. The third kappa shape index (κ3) is 22.6. The fraction of sp³-hybridized carbons (Fsp3) is 0.857. The van der Waals surface area contributed by atoms with Gasteiger partial charge in [-0.25, -0.2) is 0 Å². The summed E-state index contributed by atoms with van der Waals surface area (Å²) in [4.78, 5) is 0. The van der Waals surface area contributed by atoms with Gasteiger partial charge in [-0.1, -0.05) is 71.8 Å². The van der Waals surface area contributed by atoms with Gasteiger partial charge in [0.05, 0.1) is 0 Å². The van der Waals surface area contributed by atoms with Crippen molar-refractivity contribution in [2.75, 3.05) is 0 Å². The molecule has 0 nitrogen and oxygen atoms in total. The van der Waals surface area contributed by atoms with Gasteiger partial charge in [0.2, 0.25) is 0 Å². The Labute approximate surface area is 91.8 Å². The lowest BCUT2D eigenvalue weighted by Gasteiger charge is -1.90. The minimum Gasteiger partial charge on any atom is -0.103 e. The molecule has 0 saturated heterocycles. The summed E-state index contributed by atoms with van der Waals surface area (Å²) >= 11 is 0. The van der Waals surface area contributed by atoms with Crippen LogP contribution >= 0.6 is 0 Å². The molecule has 0 aliphatic carbocycles. The maximum absolute atomic E-state index is 3.63. The van der Waals surface area contributed by atoms with Crippen molar-refractivity contribution >= 4 is 0 Å². The topological polar surface area (TPSA) is 0 Å². The van der Waals surface area contributed by atoms with Crippen LogP contribution in [0.1, 0.15) is 78.6 Å². The van der Waals surface area contributed by atoms with Gasteiger partial charge in [-0.05, 0) is 12.8 Å². The highest BCUT2D eigenvalue weighted by Crippen LogP contribution is 2.00. The van der Waals surface area contributed by atoms with Crippen LogP contribution in [0.3, 0.4) is 0 Å². The van der Waals surface area contributed by atoms with Gasteiger partial charge >= 0.3 is 0 Å². The molecule has 0 spiro atoms. The van der Waals surface area contributed by atoms with Crippen LogP contribution in [-0.2, 0) is 0 Å². The maximum atomic E-state index is 3.63. The van der Waals surface area contributed by atoms with Crippen LogP contribution in [0.2, 0.25) is 0 Å². The number of rotatable bonds is 8. The third-order valence-corrected chi connectivity index (χ3v) is 2.22. The molecule has 0 fully saturated rings. The molecule has 86 valence electrons. The van der Waals surface area contributed by atoms with E-state index in [1.165, 1.54) is 57.8 Å². The average molecular weight is 198 g/mol. The lowest BCUT2D eigenvalue weighted by atomic mass is 10.2. The van der Waals surface area contributed by atoms with E-state index in [1.807, 2.05) is 6.08 Å². The molecule has 0 rings (SSSR count). The van der Waals surface area contributed by atoms with Crippen molar-refractivity contribution < 1.29 is 0 Å². The predicted octanol–water partition coefficient (Wildman–Crippen LogP) is 5.73. The summed E-state index contributed by atoms with van der Waals surface area (Å²) < 4.78 is 0. The van der Waals surface area contributed by atoms with E-state index in [1.54, 1.807) is 0 Å². The molecule has 0 aromatic heterocycles. The first-order chi connectivity index (χ1) is 6.83. The Morgan fingerprint density at radius 3 is 1.50 bits per heavy atom. The zero-order valence-corrected chi connectivity index (χ0v) is 10.6. The van der Waals surface area contributed by atoms with Crippen molar-refractivity contribution in [3.63, 3.8) is 0 Å². The molecule has 0 aliphatic rings. The van der Waals surface area contributed by atoms with Gasteiger partial charge < -0.3 is 0 Å². The Morgan fingerprint density at radius 1 is 0.714 bits per heavy atom. The average Bonchev–Trinajstić information content (AvgIpc) is 2.21. The summed E-state index contributed by atoms with van der Waals surface area (Å²) in [6.45, 7) is 10.3. The molecule has 0 heterocycles. The summed E-state index contributed by atoms with van der Waals surface area (Å²) in [6, 6.07) is 0. The number of allylic oxidation sites excluding steroid dienone is 1. The van der Waals surface area contributed by atoms with Crippen LogP contribution in [0, 0.1) is 0 Å². The SMILES string of the molecule is C=CCCCCC.CCCCCCC. The van der Waals surface area contributed by atoms with E-state index in [2.05, 4.69) is 27.4 Å². The minimum absolute atomic E-state index is 1.19. The van der Waals surface area contributed by atoms with Gasteiger partial charge in [0.15, 0.2) is 0 Å². The number of unbranched alkanes of at least 4 members (excludes halogenated alkanes) is 7. The van der Waals surface area contributed by atoms with E-state index in [4.69, 9.17) is 0 Å². The van der Waals surface area contributed by atoms with Crippen LogP contribution in [0.25, 0.3) is 0 Å². The van der Waals surface area contributed by atoms with E-state index in [0.717, 1.165) is 0 Å². The summed E-state index contributed by atoms with van der Waals surface area (Å²) in [5.41, 5.74) is 0. The number of hydrogen-bond donors (Lipinski definition) is 0. The van der Waals surface area contributed by atoms with E-state index in [-0.39, 0.29) is 0 Å². The normalized spacial score (nSPS) is 9.07. The summed E-state index contributed by atoms with van der Waals surface area (Å²) in [5, 5.41) is 0. The fourth-order valence-electron chi connectivity index (χ4n) is 1.22. The molecule has 0 bridgehead atoms. The molecule has 0 aromatic carbocycles. The van der Waals surface area contributed by atoms with E-state index in [0.29, 0.717) is 0 Å². The van der Waals surface area contributed by atoms with Gasteiger partial charge in [0, 0.05) is 0 Å². The van der Waals surface area contributed by atoms with Gasteiger partial charge in [-0.15, -0.1) is 6.58 Å². The van der Waals surface area contributed by atoms with E-state index < -0.39 is 0 Å². The molecule has 0 amide bonds. The molecule has 0 heteroatoms. The Morgan fingerprint density at radius 2 is 1.14 bits per heavy atom. The summed E-state index contributed by atoms with van der Waals surface area (Å²) in [5.74, 6) is 0. The van der Waals surface area contributed by atoms with Gasteiger partial charge in [0.1, 0.15) is 0 Å². The second-order valence-corrected chi connectivity index (χ2v) is 3.85. The quantitative estimate of drug-likeness (QED) is 0.345. The highest BCUT2D eigenvalue weighted by molar-refractivity contribution is 4.64. The Balaban J connectivity index is 0. The number of hydrogen-bond acceptors (Lipinski definition) is 0. The van der Waals surface area contributed by atoms with Crippen LogP contribution in [0.4, 0.5) is 0 Å². The minimum atomic E-state index is 1.19. The zero-order chi connectivity index (χ0) is 11.1. The van der Waals surface area contributed by atoms with E-state index >= 15 is 0 Å². The summed E-state index contributed by atoms with van der Waals surface area (Å²) in [6.07, 6.45) is 14.2. The highest BCUT2D eigenvalue weighted by atomic mass is 13.9. The molecule has 0 saturated carbocycles. The summed E-state index contributed by atoms with van der Waals surface area (Å²) in [7, 11) is 0. The second kappa shape index (κ2) is 18.5. The van der Waals surface area contributed by atoms with Gasteiger partial charge in [-0.3, -0.25) is 0 Å². The molecule has 0 radical (unpaired) electrons. The van der Waals surface area contributed by atoms with Crippen molar-refractivity contribution in [3.05, 3.63) is 12.7 Å². The molecule has 0 aliphatic heterocycles. The lowest BCUT2D eigenvalue weighted by Crippen LogP contribution is -1.70. The molecule has 0 N–H and O–H groups in total. The van der Waals surface area contributed by atoms with Crippen LogP contribution in [-0.4, -0.2) is 0 Å². The smallest absolute Gasteiger partial charge is 0.0353 e. The third-order valence-electron chi connectivity index (χ3n) is 2.22. The zero-order valence-electron chi connectivity index (χ0n) is 10.6. The van der Waals surface area contributed by atoms with Gasteiger partial charge in [0.25, 0.3) is 0 Å². The van der Waals surface area contributed by atoms with Crippen molar-refractivity contribution in [1.29, 1.82) is 0 Å². The van der Waals surface area contributed by atoms with Crippen LogP contribution in [0.15, 0.2) is 12.7 Å². The van der Waals surface area contributed by atoms with Crippen molar-refractivity contribution in [1.82, 2.24) is 0 Å². The lowest BCUT2D eigenvalue weighted by molar-refractivity contribution is 0.656. The largest absolute Gasteiger partial charge is 0.103 e. The van der Waals surface area contributed by atoms with E-state index in [9.17, 15) is 0 Å². The first-order valence-electron chi connectivity index (χ1n) is 6.44. The Bertz CT molecular complexity index is 80.0. The molecule has 0 atom stereocenters. The maximum Gasteiger partial charge on any atom is -0.0353 e. The van der Waals surface area contributed by atoms with Gasteiger partial charge in [-0.2, -0.15) is 0 Å². The standard InChI is InChI=1S/C7H16.C7H14/c2*1-3-5-7-6-4-2/h3-7H2,1-2H3;3H,1,4-7H2,2H3.